The van der Waals surface area contributed by atoms with Crippen molar-refractivity contribution in [3.05, 3.63) is 53.1 Å². The number of carbonyl (C=O) groups excluding carboxylic acids is 1. The van der Waals surface area contributed by atoms with Gasteiger partial charge in [-0.3, -0.25) is 4.79 Å². The molecule has 4 nitrogen and oxygen atoms in total. The van der Waals surface area contributed by atoms with Gasteiger partial charge in [0, 0.05) is 18.4 Å². The van der Waals surface area contributed by atoms with Crippen LogP contribution in [-0.4, -0.2) is 22.4 Å². The van der Waals surface area contributed by atoms with Crippen molar-refractivity contribution in [1.29, 1.82) is 0 Å². The summed E-state index contributed by atoms with van der Waals surface area (Å²) < 4.78 is 39.5. The quantitative estimate of drug-likeness (QED) is 0.809. The van der Waals surface area contributed by atoms with E-state index in [0.717, 1.165) is 6.07 Å². The summed E-state index contributed by atoms with van der Waals surface area (Å²) in [4.78, 5) is 21.9. The third-order valence-corrected chi connectivity index (χ3v) is 3.94. The molecule has 0 saturated carbocycles. The van der Waals surface area contributed by atoms with E-state index in [1.54, 1.807) is 13.0 Å². The van der Waals surface area contributed by atoms with Crippen LogP contribution < -0.4 is 4.90 Å². The van der Waals surface area contributed by atoms with Gasteiger partial charge in [0.25, 0.3) is 5.91 Å². The summed E-state index contributed by atoms with van der Waals surface area (Å²) in [7, 11) is 0. The van der Waals surface area contributed by atoms with Crippen molar-refractivity contribution in [2.75, 3.05) is 11.4 Å². The van der Waals surface area contributed by atoms with Crippen LogP contribution in [0, 0.1) is 6.92 Å². The Morgan fingerprint density at radius 1 is 1.30 bits per heavy atom. The van der Waals surface area contributed by atoms with Gasteiger partial charge in [-0.1, -0.05) is 6.07 Å². The van der Waals surface area contributed by atoms with Crippen molar-refractivity contribution in [3.8, 4) is 0 Å². The lowest BCUT2D eigenvalue weighted by Crippen LogP contribution is -2.36. The normalized spacial score (nSPS) is 14.5. The van der Waals surface area contributed by atoms with E-state index in [9.17, 15) is 18.0 Å². The van der Waals surface area contributed by atoms with Gasteiger partial charge in [0.2, 0.25) is 0 Å². The van der Waals surface area contributed by atoms with Gasteiger partial charge in [-0.15, -0.1) is 0 Å². The molecule has 1 aliphatic heterocycles. The smallest absolute Gasteiger partial charge is 0.308 e. The van der Waals surface area contributed by atoms with Crippen LogP contribution in [-0.2, 0) is 12.6 Å². The summed E-state index contributed by atoms with van der Waals surface area (Å²) in [5.41, 5.74) is 0.629. The Bertz CT molecular complexity index is 758. The fourth-order valence-electron chi connectivity index (χ4n) is 2.85. The van der Waals surface area contributed by atoms with Gasteiger partial charge in [-0.25, -0.2) is 9.97 Å². The number of amides is 1. The first-order chi connectivity index (χ1) is 10.9. The summed E-state index contributed by atoms with van der Waals surface area (Å²) in [6.45, 7) is 2.05. The van der Waals surface area contributed by atoms with Crippen LogP contribution in [0.3, 0.4) is 0 Å². The number of benzene rings is 1. The second kappa shape index (κ2) is 5.64. The van der Waals surface area contributed by atoms with Crippen LogP contribution in [0.2, 0.25) is 0 Å². The minimum atomic E-state index is -4.43. The molecule has 1 aromatic carbocycles. The number of alkyl halides is 3. The number of hydrogen-bond donors (Lipinski definition) is 0. The minimum absolute atomic E-state index is 0.175. The van der Waals surface area contributed by atoms with Gasteiger partial charge in [0.1, 0.15) is 6.33 Å². The van der Waals surface area contributed by atoms with E-state index in [1.165, 1.54) is 23.5 Å². The molecule has 0 aliphatic carbocycles. The van der Waals surface area contributed by atoms with Crippen LogP contribution in [0.1, 0.15) is 33.6 Å². The van der Waals surface area contributed by atoms with Crippen molar-refractivity contribution >= 4 is 11.6 Å². The van der Waals surface area contributed by atoms with E-state index >= 15 is 0 Å². The van der Waals surface area contributed by atoms with Crippen molar-refractivity contribution in [2.24, 2.45) is 0 Å². The molecule has 0 atom stereocenters. The molecule has 0 radical (unpaired) electrons. The topological polar surface area (TPSA) is 46.1 Å². The van der Waals surface area contributed by atoms with Crippen molar-refractivity contribution in [2.45, 2.75) is 25.9 Å². The molecule has 0 spiro atoms. The molecule has 0 bridgehead atoms. The number of halogens is 3. The highest BCUT2D eigenvalue weighted by Crippen LogP contribution is 2.39. The number of aromatic nitrogens is 2. The lowest BCUT2D eigenvalue weighted by Gasteiger charge is -2.31. The summed E-state index contributed by atoms with van der Waals surface area (Å²) >= 11 is 0. The zero-order valence-corrected chi connectivity index (χ0v) is 12.4. The highest BCUT2D eigenvalue weighted by molar-refractivity contribution is 6.07. The molecule has 1 aromatic heterocycles. The molecule has 2 heterocycles. The Morgan fingerprint density at radius 3 is 2.78 bits per heavy atom. The predicted octanol–water partition coefficient (Wildman–Crippen LogP) is 3.40. The maximum Gasteiger partial charge on any atom is 0.416 e. The molecular formula is C16H14F3N3O. The number of rotatable bonds is 1. The summed E-state index contributed by atoms with van der Waals surface area (Å²) in [6.07, 6.45) is -0.911. The minimum Gasteiger partial charge on any atom is -0.308 e. The van der Waals surface area contributed by atoms with E-state index in [0.29, 0.717) is 36.3 Å². The molecule has 3 rings (SSSR count). The van der Waals surface area contributed by atoms with Gasteiger partial charge >= 0.3 is 6.18 Å². The van der Waals surface area contributed by atoms with Gasteiger partial charge in [-0.2, -0.15) is 13.2 Å². The van der Waals surface area contributed by atoms with Gasteiger partial charge < -0.3 is 4.90 Å². The van der Waals surface area contributed by atoms with Crippen LogP contribution in [0.25, 0.3) is 0 Å². The van der Waals surface area contributed by atoms with Crippen molar-refractivity contribution in [1.82, 2.24) is 9.97 Å². The molecule has 0 unspecified atom stereocenters. The molecule has 0 N–H and O–H groups in total. The summed E-state index contributed by atoms with van der Waals surface area (Å²) in [6, 6.07) is 3.95. The molecule has 7 heteroatoms. The fourth-order valence-corrected chi connectivity index (χ4v) is 2.85. The standard InChI is InChI=1S/C16H14F3N3O/c1-10-12(8-20-9-21-10)15(23)22-7-3-4-11-13(16(17,18)19)5-2-6-14(11)22/h2,5-6,8-9H,3-4,7H2,1H3. The monoisotopic (exact) mass is 321 g/mol. The van der Waals surface area contributed by atoms with Crippen LogP contribution >= 0.6 is 0 Å². The molecule has 2 aromatic rings. The largest absolute Gasteiger partial charge is 0.416 e. The Labute approximate surface area is 131 Å². The second-order valence-corrected chi connectivity index (χ2v) is 5.38. The van der Waals surface area contributed by atoms with Gasteiger partial charge in [-0.05, 0) is 37.5 Å². The average molecular weight is 321 g/mol. The first kappa shape index (κ1) is 15.5. The Balaban J connectivity index is 2.06. The predicted molar refractivity (Wildman–Crippen MR) is 78.2 cm³/mol. The molecule has 1 aliphatic rings. The SMILES string of the molecule is Cc1ncncc1C(=O)N1CCCc2c1cccc2C(F)(F)F. The number of carbonyl (C=O) groups is 1. The maximum absolute atomic E-state index is 13.2. The Hall–Kier alpha value is -2.44. The number of fused-ring (bicyclic) bond motifs is 1. The molecule has 0 fully saturated rings. The number of nitrogens with zero attached hydrogens (tertiary/aromatic N) is 3. The zero-order valence-electron chi connectivity index (χ0n) is 12.4. The van der Waals surface area contributed by atoms with E-state index in [1.807, 2.05) is 0 Å². The zero-order chi connectivity index (χ0) is 16.6. The number of anilines is 1. The van der Waals surface area contributed by atoms with E-state index in [-0.39, 0.29) is 11.5 Å². The summed E-state index contributed by atoms with van der Waals surface area (Å²) in [5, 5.41) is 0. The maximum atomic E-state index is 13.2. The second-order valence-electron chi connectivity index (χ2n) is 5.38. The number of hydrogen-bond acceptors (Lipinski definition) is 3. The van der Waals surface area contributed by atoms with E-state index < -0.39 is 11.7 Å². The van der Waals surface area contributed by atoms with Gasteiger partial charge in [0.15, 0.2) is 0 Å². The van der Waals surface area contributed by atoms with Crippen LogP contribution in [0.4, 0.5) is 18.9 Å². The average Bonchev–Trinajstić information content (AvgIpc) is 2.52. The fraction of sp³-hybridized carbons (Fsp3) is 0.312. The molecule has 1 amide bonds. The number of aryl methyl sites for hydroxylation is 1. The molecule has 23 heavy (non-hydrogen) atoms. The first-order valence-electron chi connectivity index (χ1n) is 7.17. The highest BCUT2D eigenvalue weighted by Gasteiger charge is 2.36. The summed E-state index contributed by atoms with van der Waals surface area (Å²) in [5.74, 6) is -0.372. The Kier molecular flexibility index (Phi) is 3.79. The lowest BCUT2D eigenvalue weighted by molar-refractivity contribution is -0.138. The third kappa shape index (κ3) is 2.78. The van der Waals surface area contributed by atoms with E-state index in [4.69, 9.17) is 0 Å². The molecular weight excluding hydrogens is 307 g/mol. The first-order valence-corrected chi connectivity index (χ1v) is 7.17. The lowest BCUT2D eigenvalue weighted by atomic mass is 9.95. The van der Waals surface area contributed by atoms with Gasteiger partial charge in [0.05, 0.1) is 16.8 Å². The van der Waals surface area contributed by atoms with Crippen molar-refractivity contribution in [3.63, 3.8) is 0 Å². The molecule has 0 saturated heterocycles. The van der Waals surface area contributed by atoms with Crippen LogP contribution in [0.15, 0.2) is 30.7 Å². The third-order valence-electron chi connectivity index (χ3n) is 3.94. The highest BCUT2D eigenvalue weighted by atomic mass is 19.4. The van der Waals surface area contributed by atoms with Crippen molar-refractivity contribution < 1.29 is 18.0 Å². The van der Waals surface area contributed by atoms with Crippen LogP contribution in [0.5, 0.6) is 0 Å². The molecule has 120 valence electrons. The Morgan fingerprint density at radius 2 is 2.09 bits per heavy atom. The van der Waals surface area contributed by atoms with E-state index in [2.05, 4.69) is 9.97 Å².